The summed E-state index contributed by atoms with van der Waals surface area (Å²) in [5, 5.41) is 9.35. The van der Waals surface area contributed by atoms with Crippen LogP contribution in [0.4, 0.5) is 0 Å². The minimum atomic E-state index is -0.206. The Hall–Kier alpha value is -0.570. The predicted octanol–water partition coefficient (Wildman–Crippen LogP) is 1.81. The van der Waals surface area contributed by atoms with Crippen LogP contribution < -0.4 is 16.0 Å². The van der Waals surface area contributed by atoms with E-state index < -0.39 is 0 Å². The number of rotatable bonds is 6. The fraction of sp³-hybridized carbons (Fsp3) is 0.882. The van der Waals surface area contributed by atoms with E-state index in [9.17, 15) is 4.79 Å². The molecule has 0 radical (unpaired) electrons. The van der Waals surface area contributed by atoms with Crippen molar-refractivity contribution in [3.05, 3.63) is 0 Å². The van der Waals surface area contributed by atoms with Crippen molar-refractivity contribution in [2.45, 2.75) is 52.5 Å². The fourth-order valence-corrected chi connectivity index (χ4v) is 2.82. The third kappa shape index (κ3) is 10.3. The number of guanidine groups is 1. The predicted molar refractivity (Wildman–Crippen MR) is 112 cm³/mol. The summed E-state index contributed by atoms with van der Waals surface area (Å²) in [6, 6.07) is 0. The smallest absolute Gasteiger partial charge is 0.239 e. The zero-order valence-electron chi connectivity index (χ0n) is 15.9. The lowest BCUT2D eigenvalue weighted by atomic mass is 9.97. The third-order valence-corrected chi connectivity index (χ3v) is 3.96. The van der Waals surface area contributed by atoms with Gasteiger partial charge in [0.25, 0.3) is 0 Å². The van der Waals surface area contributed by atoms with Crippen LogP contribution in [0.1, 0.15) is 47.0 Å². The van der Waals surface area contributed by atoms with Gasteiger partial charge in [-0.15, -0.1) is 24.0 Å². The second kappa shape index (κ2) is 11.9. The Balaban J connectivity index is 0.00000529. The van der Waals surface area contributed by atoms with Crippen LogP contribution in [0, 0.1) is 5.92 Å². The maximum atomic E-state index is 11.8. The molecule has 6 nitrogen and oxygen atoms in total. The van der Waals surface area contributed by atoms with Gasteiger partial charge < -0.3 is 20.9 Å². The molecule has 3 N–H and O–H groups in total. The maximum absolute atomic E-state index is 11.8. The number of likely N-dealkylation sites (tertiary alicyclic amines) is 1. The quantitative estimate of drug-likeness (QED) is 0.326. The number of aliphatic imine (C=N–C) groups is 1. The highest BCUT2D eigenvalue weighted by molar-refractivity contribution is 14.0. The van der Waals surface area contributed by atoms with Crippen LogP contribution in [0.2, 0.25) is 0 Å². The van der Waals surface area contributed by atoms with Crippen molar-refractivity contribution in [3.8, 4) is 0 Å². The molecule has 1 aliphatic rings. The molecule has 0 atom stereocenters. The third-order valence-electron chi connectivity index (χ3n) is 3.96. The first-order chi connectivity index (χ1) is 10.8. The number of halogens is 1. The minimum absolute atomic E-state index is 0. The average molecular weight is 453 g/mol. The van der Waals surface area contributed by atoms with Gasteiger partial charge in [0, 0.05) is 19.1 Å². The van der Waals surface area contributed by atoms with E-state index in [1.807, 2.05) is 20.8 Å². The van der Waals surface area contributed by atoms with Gasteiger partial charge in [0.1, 0.15) is 0 Å². The van der Waals surface area contributed by atoms with Gasteiger partial charge in [-0.1, -0.05) is 6.92 Å². The summed E-state index contributed by atoms with van der Waals surface area (Å²) in [6.07, 6.45) is 3.69. The molecular weight excluding hydrogens is 417 g/mol. The van der Waals surface area contributed by atoms with Crippen molar-refractivity contribution in [1.29, 1.82) is 0 Å². The van der Waals surface area contributed by atoms with Gasteiger partial charge in [-0.3, -0.25) is 9.79 Å². The Morgan fingerprint density at radius 3 is 2.33 bits per heavy atom. The van der Waals surface area contributed by atoms with E-state index in [-0.39, 0.29) is 42.0 Å². The first kappa shape index (κ1) is 23.4. The molecule has 1 saturated heterocycles. The highest BCUT2D eigenvalue weighted by Crippen LogP contribution is 2.16. The second-order valence-electron chi connectivity index (χ2n) is 7.39. The van der Waals surface area contributed by atoms with Crippen LogP contribution in [0.3, 0.4) is 0 Å². The van der Waals surface area contributed by atoms with Crippen LogP contribution in [-0.2, 0) is 4.79 Å². The molecule has 0 saturated carbocycles. The Labute approximate surface area is 164 Å². The summed E-state index contributed by atoms with van der Waals surface area (Å²) in [7, 11) is 1.74. The van der Waals surface area contributed by atoms with Gasteiger partial charge in [-0.2, -0.15) is 0 Å². The highest BCUT2D eigenvalue weighted by atomic mass is 127. The summed E-state index contributed by atoms with van der Waals surface area (Å²) < 4.78 is 0. The van der Waals surface area contributed by atoms with E-state index >= 15 is 0 Å². The Morgan fingerprint density at radius 1 is 1.21 bits per heavy atom. The van der Waals surface area contributed by atoms with Gasteiger partial charge >= 0.3 is 0 Å². The molecule has 1 aliphatic heterocycles. The normalized spacial score (nSPS) is 17.1. The van der Waals surface area contributed by atoms with Gasteiger partial charge in [0.15, 0.2) is 5.96 Å². The van der Waals surface area contributed by atoms with E-state index in [2.05, 4.69) is 32.8 Å². The van der Waals surface area contributed by atoms with Gasteiger partial charge in [0.05, 0.1) is 6.54 Å². The highest BCUT2D eigenvalue weighted by Gasteiger charge is 2.19. The molecule has 0 bridgehead atoms. The number of carbonyl (C=O) groups is 1. The fourth-order valence-electron chi connectivity index (χ4n) is 2.82. The summed E-state index contributed by atoms with van der Waals surface area (Å²) in [5.74, 6) is 1.36. The molecule has 0 spiro atoms. The van der Waals surface area contributed by atoms with E-state index in [0.717, 1.165) is 6.54 Å². The maximum Gasteiger partial charge on any atom is 0.239 e. The molecule has 7 heteroatoms. The van der Waals surface area contributed by atoms with Crippen molar-refractivity contribution >= 4 is 35.8 Å². The average Bonchev–Trinajstić information content (AvgIpc) is 2.47. The number of piperidine rings is 1. The Kier molecular flexibility index (Phi) is 11.6. The summed E-state index contributed by atoms with van der Waals surface area (Å²) in [4.78, 5) is 18.6. The van der Waals surface area contributed by atoms with Crippen molar-refractivity contribution in [2.24, 2.45) is 10.9 Å². The molecule has 0 aromatic heterocycles. The molecule has 1 fully saturated rings. The molecule has 142 valence electrons. The molecule has 0 aromatic carbocycles. The van der Waals surface area contributed by atoms with Crippen LogP contribution in [0.25, 0.3) is 0 Å². The standard InChI is InChI=1S/C17H35N5O.HI/c1-6-9-22-10-7-14(8-11-22)12-19-16(18-5)20-13-15(23)21-17(2,3)4;/h14H,6-13H2,1-5H3,(H,21,23)(H2,18,19,20);1H. The zero-order chi connectivity index (χ0) is 17.3. The molecule has 0 aromatic rings. The number of amides is 1. The molecule has 1 rings (SSSR count). The Bertz CT molecular complexity index is 387. The lowest BCUT2D eigenvalue weighted by molar-refractivity contribution is -0.121. The largest absolute Gasteiger partial charge is 0.356 e. The van der Waals surface area contributed by atoms with Gasteiger partial charge in [-0.05, 0) is 65.6 Å². The topological polar surface area (TPSA) is 68.8 Å². The molecule has 0 unspecified atom stereocenters. The molecule has 1 amide bonds. The van der Waals surface area contributed by atoms with Crippen LogP contribution in [-0.4, -0.2) is 62.1 Å². The minimum Gasteiger partial charge on any atom is -0.356 e. The van der Waals surface area contributed by atoms with Crippen molar-refractivity contribution in [1.82, 2.24) is 20.9 Å². The molecule has 0 aliphatic carbocycles. The van der Waals surface area contributed by atoms with E-state index in [1.54, 1.807) is 7.05 Å². The first-order valence-electron chi connectivity index (χ1n) is 8.82. The van der Waals surface area contributed by atoms with Crippen molar-refractivity contribution in [2.75, 3.05) is 39.8 Å². The number of hydrogen-bond acceptors (Lipinski definition) is 3. The summed E-state index contributed by atoms with van der Waals surface area (Å²) in [5.41, 5.74) is -0.206. The lowest BCUT2D eigenvalue weighted by Crippen LogP contribution is -2.49. The number of hydrogen-bond donors (Lipinski definition) is 3. The van der Waals surface area contributed by atoms with Crippen molar-refractivity contribution < 1.29 is 4.79 Å². The van der Waals surface area contributed by atoms with Crippen LogP contribution in [0.15, 0.2) is 4.99 Å². The SMILES string of the molecule is CCCN1CCC(CNC(=NC)NCC(=O)NC(C)(C)C)CC1.I. The van der Waals surface area contributed by atoms with Gasteiger partial charge in [0.2, 0.25) is 5.91 Å². The monoisotopic (exact) mass is 453 g/mol. The number of carbonyl (C=O) groups excluding carboxylic acids is 1. The summed E-state index contributed by atoms with van der Waals surface area (Å²) >= 11 is 0. The number of nitrogens with zero attached hydrogens (tertiary/aromatic N) is 2. The Morgan fingerprint density at radius 2 is 1.83 bits per heavy atom. The zero-order valence-corrected chi connectivity index (χ0v) is 18.3. The van der Waals surface area contributed by atoms with Crippen LogP contribution >= 0.6 is 24.0 Å². The molecule has 24 heavy (non-hydrogen) atoms. The molecular formula is C17H36IN5O. The first-order valence-corrected chi connectivity index (χ1v) is 8.82. The van der Waals surface area contributed by atoms with Crippen LogP contribution in [0.5, 0.6) is 0 Å². The van der Waals surface area contributed by atoms with E-state index in [1.165, 1.54) is 38.9 Å². The summed E-state index contributed by atoms with van der Waals surface area (Å²) in [6.45, 7) is 12.9. The number of nitrogens with one attached hydrogen (secondary N) is 3. The molecule has 1 heterocycles. The lowest BCUT2D eigenvalue weighted by Gasteiger charge is -2.32. The second-order valence-corrected chi connectivity index (χ2v) is 7.39. The van der Waals surface area contributed by atoms with E-state index in [0.29, 0.717) is 11.9 Å². The van der Waals surface area contributed by atoms with Gasteiger partial charge in [-0.25, -0.2) is 0 Å². The van der Waals surface area contributed by atoms with Crippen molar-refractivity contribution in [3.63, 3.8) is 0 Å². The van der Waals surface area contributed by atoms with E-state index in [4.69, 9.17) is 0 Å².